The predicted octanol–water partition coefficient (Wildman–Crippen LogP) is 2.87. The van der Waals surface area contributed by atoms with Crippen LogP contribution >= 0.6 is 15.9 Å². The fourth-order valence-corrected chi connectivity index (χ4v) is 2.77. The minimum absolute atomic E-state index is 0.109. The molecule has 0 aliphatic carbocycles. The van der Waals surface area contributed by atoms with Crippen LogP contribution in [0.15, 0.2) is 28.7 Å². The Kier molecular flexibility index (Phi) is 5.05. The van der Waals surface area contributed by atoms with Gasteiger partial charge in [0.25, 0.3) is 0 Å². The molecule has 5 heteroatoms. The zero-order chi connectivity index (χ0) is 14.6. The van der Waals surface area contributed by atoms with Crippen LogP contribution in [0.25, 0.3) is 0 Å². The molecule has 1 aliphatic rings. The summed E-state index contributed by atoms with van der Waals surface area (Å²) in [7, 11) is 0. The first-order valence-corrected chi connectivity index (χ1v) is 7.74. The molecule has 0 unspecified atom stereocenters. The van der Waals surface area contributed by atoms with E-state index in [1.807, 2.05) is 24.3 Å². The number of amidine groups is 1. The first-order valence-electron chi connectivity index (χ1n) is 6.95. The van der Waals surface area contributed by atoms with Crippen LogP contribution in [0, 0.1) is 10.8 Å². The average molecular weight is 340 g/mol. The SMILES string of the molecule is CC1(C(=N)N)CCN(CCOc2cccc(Br)c2)CC1. The molecular formula is C15H22BrN3O. The van der Waals surface area contributed by atoms with Gasteiger partial charge in [0, 0.05) is 16.4 Å². The molecule has 0 amide bonds. The van der Waals surface area contributed by atoms with E-state index in [9.17, 15) is 0 Å². The lowest BCUT2D eigenvalue weighted by molar-refractivity contribution is 0.139. The van der Waals surface area contributed by atoms with Gasteiger partial charge in [0.1, 0.15) is 12.4 Å². The first kappa shape index (κ1) is 15.3. The Balaban J connectivity index is 1.73. The molecule has 0 aromatic heterocycles. The van der Waals surface area contributed by atoms with Crippen LogP contribution in [0.1, 0.15) is 19.8 Å². The molecule has 0 spiro atoms. The van der Waals surface area contributed by atoms with Gasteiger partial charge in [0.15, 0.2) is 0 Å². The van der Waals surface area contributed by atoms with Crippen molar-refractivity contribution >= 4 is 21.8 Å². The highest BCUT2D eigenvalue weighted by atomic mass is 79.9. The normalized spacial score (nSPS) is 18.7. The number of nitrogens with zero attached hydrogens (tertiary/aromatic N) is 1. The molecule has 1 aromatic rings. The molecular weight excluding hydrogens is 318 g/mol. The van der Waals surface area contributed by atoms with E-state index in [0.29, 0.717) is 12.4 Å². The summed E-state index contributed by atoms with van der Waals surface area (Å²) in [6, 6.07) is 7.90. The van der Waals surface area contributed by atoms with Crippen molar-refractivity contribution in [2.24, 2.45) is 11.1 Å². The summed E-state index contributed by atoms with van der Waals surface area (Å²) in [6.45, 7) is 5.66. The van der Waals surface area contributed by atoms with Crippen molar-refractivity contribution < 1.29 is 4.74 Å². The van der Waals surface area contributed by atoms with Crippen LogP contribution in [0.5, 0.6) is 5.75 Å². The Morgan fingerprint density at radius 1 is 1.45 bits per heavy atom. The maximum Gasteiger partial charge on any atom is 0.120 e. The van der Waals surface area contributed by atoms with E-state index in [1.54, 1.807) is 0 Å². The third-order valence-corrected chi connectivity index (χ3v) is 4.58. The monoisotopic (exact) mass is 339 g/mol. The van der Waals surface area contributed by atoms with E-state index in [4.69, 9.17) is 15.9 Å². The number of hydrogen-bond donors (Lipinski definition) is 2. The highest BCUT2D eigenvalue weighted by Crippen LogP contribution is 2.30. The Labute approximate surface area is 128 Å². The standard InChI is InChI=1S/C15H22BrN3O/c1-15(14(17)18)5-7-19(8-6-15)9-10-20-13-4-2-3-12(16)11-13/h2-4,11H,5-10H2,1H3,(H3,17,18). The highest BCUT2D eigenvalue weighted by Gasteiger charge is 2.32. The summed E-state index contributed by atoms with van der Waals surface area (Å²) in [6.07, 6.45) is 1.92. The molecule has 4 nitrogen and oxygen atoms in total. The van der Waals surface area contributed by atoms with E-state index in [-0.39, 0.29) is 5.41 Å². The van der Waals surface area contributed by atoms with E-state index >= 15 is 0 Å². The summed E-state index contributed by atoms with van der Waals surface area (Å²) in [5.41, 5.74) is 5.56. The summed E-state index contributed by atoms with van der Waals surface area (Å²) in [5.74, 6) is 1.22. The van der Waals surface area contributed by atoms with E-state index in [2.05, 4.69) is 27.8 Å². The fraction of sp³-hybridized carbons (Fsp3) is 0.533. The number of nitrogens with two attached hydrogens (primary N) is 1. The lowest BCUT2D eigenvalue weighted by Crippen LogP contribution is -2.46. The van der Waals surface area contributed by atoms with Crippen LogP contribution in [-0.2, 0) is 0 Å². The molecule has 1 aromatic carbocycles. The number of halogens is 1. The topological polar surface area (TPSA) is 62.3 Å². The van der Waals surface area contributed by atoms with Crippen molar-refractivity contribution in [2.75, 3.05) is 26.2 Å². The van der Waals surface area contributed by atoms with E-state index in [1.165, 1.54) is 0 Å². The Hall–Kier alpha value is -1.07. The summed E-state index contributed by atoms with van der Waals surface area (Å²) in [5, 5.41) is 7.65. The number of benzene rings is 1. The largest absolute Gasteiger partial charge is 0.492 e. The minimum atomic E-state index is -0.109. The van der Waals surface area contributed by atoms with Crippen molar-refractivity contribution in [3.63, 3.8) is 0 Å². The van der Waals surface area contributed by atoms with Crippen molar-refractivity contribution in [2.45, 2.75) is 19.8 Å². The average Bonchev–Trinajstić information content (AvgIpc) is 2.41. The van der Waals surface area contributed by atoms with Gasteiger partial charge in [-0.15, -0.1) is 0 Å². The zero-order valence-electron chi connectivity index (χ0n) is 11.9. The molecule has 1 aliphatic heterocycles. The Morgan fingerprint density at radius 3 is 2.75 bits per heavy atom. The third kappa shape index (κ3) is 3.96. The molecule has 0 saturated carbocycles. The number of hydrogen-bond acceptors (Lipinski definition) is 3. The maximum absolute atomic E-state index is 7.65. The van der Waals surface area contributed by atoms with Crippen LogP contribution < -0.4 is 10.5 Å². The summed E-state index contributed by atoms with van der Waals surface area (Å²) in [4.78, 5) is 2.38. The summed E-state index contributed by atoms with van der Waals surface area (Å²) >= 11 is 3.43. The third-order valence-electron chi connectivity index (χ3n) is 4.08. The molecule has 1 fully saturated rings. The second kappa shape index (κ2) is 6.59. The predicted molar refractivity (Wildman–Crippen MR) is 85.3 cm³/mol. The second-order valence-electron chi connectivity index (χ2n) is 5.62. The van der Waals surface area contributed by atoms with Crippen molar-refractivity contribution in [3.8, 4) is 5.75 Å². The van der Waals surface area contributed by atoms with Crippen molar-refractivity contribution in [1.82, 2.24) is 4.90 Å². The van der Waals surface area contributed by atoms with Gasteiger partial charge in [-0.2, -0.15) is 0 Å². The van der Waals surface area contributed by atoms with Crippen LogP contribution in [-0.4, -0.2) is 37.0 Å². The van der Waals surface area contributed by atoms with Crippen LogP contribution in [0.3, 0.4) is 0 Å². The maximum atomic E-state index is 7.65. The summed E-state index contributed by atoms with van der Waals surface area (Å²) < 4.78 is 6.78. The lowest BCUT2D eigenvalue weighted by atomic mass is 9.79. The quantitative estimate of drug-likeness (QED) is 0.640. The number of nitrogens with one attached hydrogen (secondary N) is 1. The number of rotatable bonds is 5. The van der Waals surface area contributed by atoms with Gasteiger partial charge >= 0.3 is 0 Å². The van der Waals surface area contributed by atoms with Gasteiger partial charge in [-0.05, 0) is 44.1 Å². The lowest BCUT2D eigenvalue weighted by Gasteiger charge is -2.38. The van der Waals surface area contributed by atoms with Gasteiger partial charge in [0.2, 0.25) is 0 Å². The van der Waals surface area contributed by atoms with Gasteiger partial charge in [-0.3, -0.25) is 10.3 Å². The molecule has 3 N–H and O–H groups in total. The van der Waals surface area contributed by atoms with Gasteiger partial charge in [0.05, 0.1) is 5.84 Å². The molecule has 0 bridgehead atoms. The van der Waals surface area contributed by atoms with Crippen molar-refractivity contribution in [1.29, 1.82) is 5.41 Å². The first-order chi connectivity index (χ1) is 9.49. The molecule has 110 valence electrons. The van der Waals surface area contributed by atoms with Gasteiger partial charge in [-0.1, -0.05) is 28.9 Å². The molecule has 0 radical (unpaired) electrons. The van der Waals surface area contributed by atoms with E-state index in [0.717, 1.165) is 42.7 Å². The molecule has 1 heterocycles. The molecule has 20 heavy (non-hydrogen) atoms. The Morgan fingerprint density at radius 2 is 2.15 bits per heavy atom. The van der Waals surface area contributed by atoms with Gasteiger partial charge < -0.3 is 10.5 Å². The molecule has 2 rings (SSSR count). The zero-order valence-corrected chi connectivity index (χ0v) is 13.4. The fourth-order valence-electron chi connectivity index (χ4n) is 2.39. The van der Waals surface area contributed by atoms with Crippen LogP contribution in [0.4, 0.5) is 0 Å². The number of ether oxygens (including phenoxy) is 1. The smallest absolute Gasteiger partial charge is 0.120 e. The minimum Gasteiger partial charge on any atom is -0.492 e. The number of piperidine rings is 1. The molecule has 1 saturated heterocycles. The van der Waals surface area contributed by atoms with E-state index < -0.39 is 0 Å². The van der Waals surface area contributed by atoms with Crippen LogP contribution in [0.2, 0.25) is 0 Å². The molecule has 0 atom stereocenters. The number of likely N-dealkylation sites (tertiary alicyclic amines) is 1. The highest BCUT2D eigenvalue weighted by molar-refractivity contribution is 9.10. The van der Waals surface area contributed by atoms with Gasteiger partial charge in [-0.25, -0.2) is 0 Å². The Bertz CT molecular complexity index is 470. The second-order valence-corrected chi connectivity index (χ2v) is 6.54. The van der Waals surface area contributed by atoms with Crippen molar-refractivity contribution in [3.05, 3.63) is 28.7 Å².